The van der Waals surface area contributed by atoms with Crippen LogP contribution in [0.1, 0.15) is 39.5 Å². The summed E-state index contributed by atoms with van der Waals surface area (Å²) < 4.78 is 11.3. The van der Waals surface area contributed by atoms with Gasteiger partial charge in [0.15, 0.2) is 5.79 Å². The summed E-state index contributed by atoms with van der Waals surface area (Å²) in [5, 5.41) is 8.79. The predicted molar refractivity (Wildman–Crippen MR) is 55.0 cm³/mol. The molecule has 1 fully saturated rings. The summed E-state index contributed by atoms with van der Waals surface area (Å²) in [5.41, 5.74) is 0. The van der Waals surface area contributed by atoms with E-state index in [2.05, 4.69) is 13.8 Å². The van der Waals surface area contributed by atoms with Crippen LogP contribution in [0.4, 0.5) is 0 Å². The molecule has 0 aliphatic carbocycles. The molecule has 1 saturated heterocycles. The molecule has 0 spiro atoms. The van der Waals surface area contributed by atoms with E-state index in [-0.39, 0.29) is 12.4 Å². The summed E-state index contributed by atoms with van der Waals surface area (Å²) in [4.78, 5) is 0. The van der Waals surface area contributed by atoms with Crippen molar-refractivity contribution in [3.63, 3.8) is 0 Å². The van der Waals surface area contributed by atoms with E-state index in [9.17, 15) is 0 Å². The zero-order valence-corrected chi connectivity index (χ0v) is 9.29. The smallest absolute Gasteiger partial charge is 0.168 e. The van der Waals surface area contributed by atoms with E-state index in [4.69, 9.17) is 14.6 Å². The molecule has 1 rings (SSSR count). The highest BCUT2D eigenvalue weighted by molar-refractivity contribution is 4.73. The van der Waals surface area contributed by atoms with Gasteiger partial charge in [0.1, 0.15) is 0 Å². The number of hydrogen-bond acceptors (Lipinski definition) is 3. The van der Waals surface area contributed by atoms with E-state index in [1.165, 1.54) is 0 Å². The Hall–Kier alpha value is -0.120. The monoisotopic (exact) mass is 202 g/mol. The Labute approximate surface area is 86.4 Å². The number of hydrogen-bond donors (Lipinski definition) is 1. The molecular weight excluding hydrogens is 180 g/mol. The minimum Gasteiger partial charge on any atom is -0.396 e. The highest BCUT2D eigenvalue weighted by Crippen LogP contribution is 2.30. The molecule has 3 heteroatoms. The molecule has 0 radical (unpaired) electrons. The fourth-order valence-electron chi connectivity index (χ4n) is 1.85. The number of rotatable bonds is 6. The van der Waals surface area contributed by atoms with Gasteiger partial charge in [-0.1, -0.05) is 13.8 Å². The highest BCUT2D eigenvalue weighted by Gasteiger charge is 2.34. The van der Waals surface area contributed by atoms with Gasteiger partial charge < -0.3 is 14.6 Å². The second-order valence-corrected chi connectivity index (χ2v) is 4.12. The largest absolute Gasteiger partial charge is 0.396 e. The van der Waals surface area contributed by atoms with Gasteiger partial charge in [-0.3, -0.25) is 0 Å². The van der Waals surface area contributed by atoms with Gasteiger partial charge >= 0.3 is 0 Å². The molecule has 1 unspecified atom stereocenters. The van der Waals surface area contributed by atoms with Crippen molar-refractivity contribution in [2.75, 3.05) is 19.8 Å². The molecule has 14 heavy (non-hydrogen) atoms. The molecule has 0 saturated carbocycles. The summed E-state index contributed by atoms with van der Waals surface area (Å²) in [6.07, 6.45) is 3.80. The second-order valence-electron chi connectivity index (χ2n) is 4.12. The van der Waals surface area contributed by atoms with Gasteiger partial charge in [-0.15, -0.1) is 0 Å². The summed E-state index contributed by atoms with van der Waals surface area (Å²) in [6.45, 7) is 5.99. The minimum atomic E-state index is -0.316. The third-order valence-electron chi connectivity index (χ3n) is 2.99. The quantitative estimate of drug-likeness (QED) is 0.715. The molecule has 0 aromatic rings. The zero-order valence-electron chi connectivity index (χ0n) is 9.29. The first kappa shape index (κ1) is 12.0. The van der Waals surface area contributed by atoms with Crippen LogP contribution >= 0.6 is 0 Å². The Kier molecular flexibility index (Phi) is 4.85. The van der Waals surface area contributed by atoms with Crippen LogP contribution in [0, 0.1) is 5.92 Å². The maximum absolute atomic E-state index is 8.79. The van der Waals surface area contributed by atoms with E-state index in [1.54, 1.807) is 0 Å². The van der Waals surface area contributed by atoms with Crippen LogP contribution in [0.2, 0.25) is 0 Å². The van der Waals surface area contributed by atoms with Crippen LogP contribution in [-0.4, -0.2) is 30.7 Å². The third-order valence-corrected chi connectivity index (χ3v) is 2.99. The third kappa shape index (κ3) is 3.23. The fraction of sp³-hybridized carbons (Fsp3) is 1.00. The summed E-state index contributed by atoms with van der Waals surface area (Å²) in [7, 11) is 0. The normalized spacial score (nSPS) is 22.5. The molecule has 1 aliphatic rings. The average Bonchev–Trinajstić information content (AvgIpc) is 2.65. The van der Waals surface area contributed by atoms with E-state index in [1.807, 2.05) is 0 Å². The molecule has 1 aliphatic heterocycles. The second kappa shape index (κ2) is 5.69. The standard InChI is InChI=1S/C11H22O3/c1-3-11(13-8-9-14-11)6-4-10(2)5-7-12/h10,12H,3-9H2,1-2H3. The van der Waals surface area contributed by atoms with Crippen molar-refractivity contribution in [1.82, 2.24) is 0 Å². The molecular formula is C11H22O3. The lowest BCUT2D eigenvalue weighted by Gasteiger charge is -2.27. The molecule has 0 bridgehead atoms. The Bertz CT molecular complexity index is 153. The molecule has 1 N–H and O–H groups in total. The van der Waals surface area contributed by atoms with Crippen LogP contribution in [0.15, 0.2) is 0 Å². The topological polar surface area (TPSA) is 38.7 Å². The van der Waals surface area contributed by atoms with Crippen molar-refractivity contribution >= 4 is 0 Å². The minimum absolute atomic E-state index is 0.280. The van der Waals surface area contributed by atoms with Crippen LogP contribution in [-0.2, 0) is 9.47 Å². The van der Waals surface area contributed by atoms with Crippen LogP contribution in [0.3, 0.4) is 0 Å². The van der Waals surface area contributed by atoms with Crippen molar-refractivity contribution in [2.45, 2.75) is 45.3 Å². The van der Waals surface area contributed by atoms with Crippen LogP contribution in [0.5, 0.6) is 0 Å². The Morgan fingerprint density at radius 1 is 1.29 bits per heavy atom. The highest BCUT2D eigenvalue weighted by atomic mass is 16.7. The van der Waals surface area contributed by atoms with Crippen molar-refractivity contribution in [2.24, 2.45) is 5.92 Å². The first-order valence-corrected chi connectivity index (χ1v) is 5.61. The number of ether oxygens (including phenoxy) is 2. The first-order valence-electron chi connectivity index (χ1n) is 5.61. The van der Waals surface area contributed by atoms with Crippen molar-refractivity contribution < 1.29 is 14.6 Å². The number of aliphatic hydroxyl groups is 1. The van der Waals surface area contributed by atoms with E-state index < -0.39 is 0 Å². The summed E-state index contributed by atoms with van der Waals surface area (Å²) >= 11 is 0. The van der Waals surface area contributed by atoms with Gasteiger partial charge in [-0.25, -0.2) is 0 Å². The van der Waals surface area contributed by atoms with Gasteiger partial charge in [0, 0.05) is 13.0 Å². The van der Waals surface area contributed by atoms with Crippen molar-refractivity contribution in [3.8, 4) is 0 Å². The summed E-state index contributed by atoms with van der Waals surface area (Å²) in [5.74, 6) is 0.236. The van der Waals surface area contributed by atoms with Crippen molar-refractivity contribution in [3.05, 3.63) is 0 Å². The van der Waals surface area contributed by atoms with Gasteiger partial charge in [0.25, 0.3) is 0 Å². The number of aliphatic hydroxyl groups excluding tert-OH is 1. The van der Waals surface area contributed by atoms with Gasteiger partial charge in [-0.2, -0.15) is 0 Å². The molecule has 3 nitrogen and oxygen atoms in total. The fourth-order valence-corrected chi connectivity index (χ4v) is 1.85. The maximum atomic E-state index is 8.79. The average molecular weight is 202 g/mol. The van der Waals surface area contributed by atoms with E-state index in [0.717, 1.165) is 38.9 Å². The lowest BCUT2D eigenvalue weighted by atomic mass is 9.97. The van der Waals surface area contributed by atoms with Crippen molar-refractivity contribution in [1.29, 1.82) is 0 Å². The SMILES string of the molecule is CCC1(CCC(C)CCO)OCCO1. The summed E-state index contributed by atoms with van der Waals surface area (Å²) in [6, 6.07) is 0. The molecule has 1 atom stereocenters. The van der Waals surface area contributed by atoms with Gasteiger partial charge in [0.2, 0.25) is 0 Å². The molecule has 1 heterocycles. The zero-order chi connectivity index (χ0) is 10.4. The molecule has 0 amide bonds. The van der Waals surface area contributed by atoms with Crippen LogP contribution < -0.4 is 0 Å². The predicted octanol–water partition coefficient (Wildman–Crippen LogP) is 1.94. The molecule has 84 valence electrons. The Morgan fingerprint density at radius 2 is 1.93 bits per heavy atom. The van der Waals surface area contributed by atoms with Gasteiger partial charge in [0.05, 0.1) is 13.2 Å². The molecule has 0 aromatic heterocycles. The Morgan fingerprint density at radius 3 is 2.43 bits per heavy atom. The maximum Gasteiger partial charge on any atom is 0.168 e. The van der Waals surface area contributed by atoms with Gasteiger partial charge in [-0.05, 0) is 25.2 Å². The lowest BCUT2D eigenvalue weighted by molar-refractivity contribution is -0.166. The first-order chi connectivity index (χ1) is 6.72. The lowest BCUT2D eigenvalue weighted by Crippen LogP contribution is -2.29. The van der Waals surface area contributed by atoms with E-state index in [0.29, 0.717) is 5.92 Å². The van der Waals surface area contributed by atoms with E-state index >= 15 is 0 Å². The Balaban J connectivity index is 2.27. The van der Waals surface area contributed by atoms with Crippen LogP contribution in [0.25, 0.3) is 0 Å². The molecule has 0 aromatic carbocycles.